The fraction of sp³-hybridized carbons (Fsp3) is 0.880. The van der Waals surface area contributed by atoms with Crippen LogP contribution in [0.5, 0.6) is 0 Å². The third-order valence-corrected chi connectivity index (χ3v) is 9.21. The lowest BCUT2D eigenvalue weighted by Crippen LogP contribution is -2.53. The number of nitrogens with zero attached hydrogens (tertiary/aromatic N) is 2. The van der Waals surface area contributed by atoms with Crippen LogP contribution in [0.3, 0.4) is 0 Å². The average Bonchev–Trinajstić information content (AvgIpc) is 3.56. The second-order valence-electron chi connectivity index (χ2n) is 11.0. The van der Waals surface area contributed by atoms with E-state index in [2.05, 4.69) is 16.8 Å². The Bertz CT molecular complexity index is 688. The highest BCUT2D eigenvalue weighted by molar-refractivity contribution is 5.79. The lowest BCUT2D eigenvalue weighted by molar-refractivity contribution is -0.141. The van der Waals surface area contributed by atoms with E-state index >= 15 is 4.39 Å². The number of piperazine rings is 1. The van der Waals surface area contributed by atoms with Crippen LogP contribution in [0.1, 0.15) is 64.2 Å². The molecule has 5 aliphatic rings. The number of piperidine rings is 1. The molecule has 1 amide bonds. The summed E-state index contributed by atoms with van der Waals surface area (Å²) in [6.07, 6.45) is 9.22. The number of alkyl halides is 1. The van der Waals surface area contributed by atoms with Gasteiger partial charge in [0.05, 0.1) is 5.92 Å². The smallest absolute Gasteiger partial charge is 0.228 e. The third kappa shape index (κ3) is 4.39. The van der Waals surface area contributed by atoms with Gasteiger partial charge in [0, 0.05) is 37.9 Å². The number of halogens is 1. The van der Waals surface area contributed by atoms with Gasteiger partial charge in [0.25, 0.3) is 0 Å². The van der Waals surface area contributed by atoms with Gasteiger partial charge in [0.2, 0.25) is 5.91 Å². The summed E-state index contributed by atoms with van der Waals surface area (Å²) in [5, 5.41) is 14.0. The second kappa shape index (κ2) is 8.66. The van der Waals surface area contributed by atoms with Crippen molar-refractivity contribution < 1.29 is 14.3 Å². The molecule has 0 aromatic carbocycles. The first kappa shape index (κ1) is 21.7. The van der Waals surface area contributed by atoms with Gasteiger partial charge in [0.15, 0.2) is 0 Å². The van der Waals surface area contributed by atoms with Crippen LogP contribution in [0.2, 0.25) is 0 Å². The predicted octanol–water partition coefficient (Wildman–Crippen LogP) is 3.09. The number of rotatable bonds is 4. The number of hydrogen-bond acceptors (Lipinski definition) is 4. The molecule has 6 heteroatoms. The fourth-order valence-electron chi connectivity index (χ4n) is 6.95. The van der Waals surface area contributed by atoms with Crippen molar-refractivity contribution in [2.75, 3.05) is 32.7 Å². The van der Waals surface area contributed by atoms with Gasteiger partial charge >= 0.3 is 0 Å². The molecule has 174 valence electrons. The topological polar surface area (TPSA) is 55.8 Å². The lowest BCUT2D eigenvalue weighted by Gasteiger charge is -2.45. The van der Waals surface area contributed by atoms with Crippen LogP contribution < -0.4 is 5.32 Å². The summed E-state index contributed by atoms with van der Waals surface area (Å²) in [6.45, 7) is 7.84. The molecule has 5 nitrogen and oxygen atoms in total. The summed E-state index contributed by atoms with van der Waals surface area (Å²) in [6, 6.07) is 0.694. The Hall–Kier alpha value is -1.14. The highest BCUT2D eigenvalue weighted by Gasteiger charge is 2.46. The molecule has 3 aliphatic carbocycles. The molecule has 2 aliphatic heterocycles. The SMILES string of the molecule is C=C(N1CCN(C(=O)C2CCC(C3CCC4NCCCC4C3)CC2F)CC1)C1(O)CC1. The fourth-order valence-corrected chi connectivity index (χ4v) is 6.95. The van der Waals surface area contributed by atoms with E-state index in [1.807, 2.05) is 4.90 Å². The van der Waals surface area contributed by atoms with Gasteiger partial charge in [-0.1, -0.05) is 6.58 Å². The molecule has 5 fully saturated rings. The van der Waals surface area contributed by atoms with Crippen molar-refractivity contribution in [3.8, 4) is 0 Å². The normalized spacial score (nSPS) is 40.2. The molecule has 6 unspecified atom stereocenters. The zero-order chi connectivity index (χ0) is 21.6. The number of amides is 1. The van der Waals surface area contributed by atoms with Gasteiger partial charge in [-0.15, -0.1) is 0 Å². The maximum atomic E-state index is 15.2. The van der Waals surface area contributed by atoms with Gasteiger partial charge < -0.3 is 20.2 Å². The first-order valence-corrected chi connectivity index (χ1v) is 12.8. The van der Waals surface area contributed by atoms with E-state index in [0.29, 0.717) is 56.9 Å². The zero-order valence-electron chi connectivity index (χ0n) is 18.9. The van der Waals surface area contributed by atoms with E-state index in [1.165, 1.54) is 32.1 Å². The van der Waals surface area contributed by atoms with Crippen molar-refractivity contribution >= 4 is 5.91 Å². The van der Waals surface area contributed by atoms with Crippen LogP contribution in [0.25, 0.3) is 0 Å². The van der Waals surface area contributed by atoms with Crippen LogP contribution in [0.15, 0.2) is 12.3 Å². The van der Waals surface area contributed by atoms with E-state index in [-0.39, 0.29) is 5.91 Å². The van der Waals surface area contributed by atoms with Gasteiger partial charge in [-0.2, -0.15) is 0 Å². The maximum absolute atomic E-state index is 15.2. The van der Waals surface area contributed by atoms with Crippen molar-refractivity contribution in [1.29, 1.82) is 0 Å². The van der Waals surface area contributed by atoms with Crippen LogP contribution >= 0.6 is 0 Å². The Kier molecular flexibility index (Phi) is 6.06. The third-order valence-electron chi connectivity index (χ3n) is 9.21. The molecule has 0 bridgehead atoms. The molecule has 6 atom stereocenters. The molecule has 2 heterocycles. The van der Waals surface area contributed by atoms with Crippen molar-refractivity contribution in [2.45, 2.75) is 82.0 Å². The van der Waals surface area contributed by atoms with E-state index in [9.17, 15) is 9.90 Å². The van der Waals surface area contributed by atoms with Crippen LogP contribution in [0.4, 0.5) is 4.39 Å². The van der Waals surface area contributed by atoms with Gasteiger partial charge in [-0.05, 0) is 88.5 Å². The number of hydrogen-bond donors (Lipinski definition) is 2. The van der Waals surface area contributed by atoms with Gasteiger partial charge in [0.1, 0.15) is 11.8 Å². The summed E-state index contributed by atoms with van der Waals surface area (Å²) in [7, 11) is 0. The highest BCUT2D eigenvalue weighted by atomic mass is 19.1. The molecular formula is C25H40FN3O2. The van der Waals surface area contributed by atoms with Crippen molar-refractivity contribution in [3.05, 3.63) is 12.3 Å². The van der Waals surface area contributed by atoms with E-state index in [0.717, 1.165) is 37.4 Å². The maximum Gasteiger partial charge on any atom is 0.228 e. The summed E-state index contributed by atoms with van der Waals surface area (Å²) >= 11 is 0. The minimum atomic E-state index is -0.992. The molecule has 31 heavy (non-hydrogen) atoms. The molecule has 0 aromatic heterocycles. The minimum absolute atomic E-state index is 0.0153. The number of carbonyl (C=O) groups is 1. The monoisotopic (exact) mass is 433 g/mol. The largest absolute Gasteiger partial charge is 0.384 e. The quantitative estimate of drug-likeness (QED) is 0.715. The van der Waals surface area contributed by atoms with Crippen molar-refractivity contribution in [2.24, 2.45) is 23.7 Å². The van der Waals surface area contributed by atoms with Crippen molar-refractivity contribution in [1.82, 2.24) is 15.1 Å². The van der Waals surface area contributed by atoms with Crippen LogP contribution in [0, 0.1) is 23.7 Å². The van der Waals surface area contributed by atoms with E-state index in [4.69, 9.17) is 0 Å². The first-order chi connectivity index (χ1) is 14.9. The van der Waals surface area contributed by atoms with E-state index in [1.54, 1.807) is 0 Å². The molecule has 0 radical (unpaired) electrons. The van der Waals surface area contributed by atoms with E-state index < -0.39 is 17.7 Å². The Morgan fingerprint density at radius 3 is 2.32 bits per heavy atom. The number of fused-ring (bicyclic) bond motifs is 1. The number of aliphatic hydroxyl groups is 1. The minimum Gasteiger partial charge on any atom is -0.384 e. The molecule has 2 saturated heterocycles. The molecule has 2 N–H and O–H groups in total. The first-order valence-electron chi connectivity index (χ1n) is 12.8. The Morgan fingerprint density at radius 1 is 0.935 bits per heavy atom. The Labute approximate surface area is 186 Å². The Morgan fingerprint density at radius 2 is 1.61 bits per heavy atom. The molecular weight excluding hydrogens is 393 g/mol. The van der Waals surface area contributed by atoms with Gasteiger partial charge in [-0.25, -0.2) is 4.39 Å². The molecule has 0 aromatic rings. The van der Waals surface area contributed by atoms with Gasteiger partial charge in [-0.3, -0.25) is 4.79 Å². The summed E-state index contributed by atoms with van der Waals surface area (Å²) in [4.78, 5) is 17.1. The number of carbonyl (C=O) groups excluding carboxylic acids is 1. The highest BCUT2D eigenvalue weighted by Crippen LogP contribution is 2.45. The standard InChI is InChI=1S/C25H40FN3O2/c1-17(25(31)8-9-25)28-11-13-29(14-12-28)24(30)21-6-4-19(16-22(21)26)18-5-7-23-20(15-18)3-2-10-27-23/h18-23,27,31H,1-16H2. The lowest BCUT2D eigenvalue weighted by atomic mass is 9.65. The molecule has 5 rings (SSSR count). The number of nitrogens with one attached hydrogen (secondary N) is 1. The average molecular weight is 434 g/mol. The van der Waals surface area contributed by atoms with Crippen LogP contribution in [-0.4, -0.2) is 71.4 Å². The summed E-state index contributed by atoms with van der Waals surface area (Å²) in [5.74, 6) is 1.46. The molecule has 0 spiro atoms. The molecule has 3 saturated carbocycles. The van der Waals surface area contributed by atoms with Crippen LogP contribution in [-0.2, 0) is 4.79 Å². The zero-order valence-corrected chi connectivity index (χ0v) is 18.9. The summed E-state index contributed by atoms with van der Waals surface area (Å²) < 4.78 is 15.2. The Balaban J connectivity index is 1.11. The second-order valence-corrected chi connectivity index (χ2v) is 11.0. The summed E-state index contributed by atoms with van der Waals surface area (Å²) in [5.41, 5.74) is 0.0906. The van der Waals surface area contributed by atoms with Crippen molar-refractivity contribution in [3.63, 3.8) is 0 Å². The predicted molar refractivity (Wildman–Crippen MR) is 119 cm³/mol.